The first-order chi connectivity index (χ1) is 11.7. The molecular weight excluding hydrogens is 304 g/mol. The van der Waals surface area contributed by atoms with Crippen LogP contribution in [0.3, 0.4) is 0 Å². The highest BCUT2D eigenvalue weighted by atomic mass is 16.5. The van der Waals surface area contributed by atoms with Crippen LogP contribution < -0.4 is 4.74 Å². The zero-order valence-corrected chi connectivity index (χ0v) is 14.6. The first kappa shape index (κ1) is 16.8. The van der Waals surface area contributed by atoms with Gasteiger partial charge in [-0.15, -0.1) is 0 Å². The lowest BCUT2D eigenvalue weighted by Crippen LogP contribution is -2.15. The zero-order valence-electron chi connectivity index (χ0n) is 14.6. The number of fused-ring (bicyclic) bond motifs is 1. The molecule has 1 fully saturated rings. The van der Waals surface area contributed by atoms with E-state index >= 15 is 0 Å². The van der Waals surface area contributed by atoms with Crippen LogP contribution in [0.2, 0.25) is 0 Å². The van der Waals surface area contributed by atoms with Gasteiger partial charge < -0.3 is 9.47 Å². The normalized spacial score (nSPS) is 15.6. The lowest BCUT2D eigenvalue weighted by Gasteiger charge is -2.21. The fourth-order valence-corrected chi connectivity index (χ4v) is 3.43. The maximum atomic E-state index is 12.3. The number of carbonyl (C=O) groups is 1. The second kappa shape index (κ2) is 7.69. The fourth-order valence-electron chi connectivity index (χ4n) is 3.43. The van der Waals surface area contributed by atoms with Gasteiger partial charge in [-0.2, -0.15) is 0 Å². The predicted octanol–water partition coefficient (Wildman–Crippen LogP) is 4.03. The average molecular weight is 330 g/mol. The van der Waals surface area contributed by atoms with Crippen LogP contribution in [0.4, 0.5) is 0 Å². The molecule has 0 bridgehead atoms. The van der Waals surface area contributed by atoms with Gasteiger partial charge in [-0.3, -0.25) is 4.40 Å². The monoisotopic (exact) mass is 330 g/mol. The summed E-state index contributed by atoms with van der Waals surface area (Å²) < 4.78 is 13.1. The van der Waals surface area contributed by atoms with E-state index in [1.807, 2.05) is 32.2 Å². The number of hydrogen-bond donors (Lipinski definition) is 0. The summed E-state index contributed by atoms with van der Waals surface area (Å²) in [4.78, 5) is 16.9. The van der Waals surface area contributed by atoms with Gasteiger partial charge in [0.2, 0.25) is 0 Å². The van der Waals surface area contributed by atoms with Crippen molar-refractivity contribution in [2.24, 2.45) is 5.92 Å². The van der Waals surface area contributed by atoms with E-state index in [0.29, 0.717) is 30.3 Å². The maximum Gasteiger partial charge on any atom is 0.357 e. The zero-order chi connectivity index (χ0) is 16.9. The number of hydrogen-bond acceptors (Lipinski definition) is 4. The minimum Gasteiger partial charge on any atom is -0.489 e. The van der Waals surface area contributed by atoms with Crippen molar-refractivity contribution in [2.45, 2.75) is 52.4 Å². The highest BCUT2D eigenvalue weighted by Crippen LogP contribution is 2.27. The summed E-state index contributed by atoms with van der Waals surface area (Å²) in [5.41, 5.74) is 1.97. The summed E-state index contributed by atoms with van der Waals surface area (Å²) in [5.74, 6) is 1.05. The maximum absolute atomic E-state index is 12.3. The van der Waals surface area contributed by atoms with E-state index in [-0.39, 0.29) is 5.97 Å². The van der Waals surface area contributed by atoms with E-state index in [0.717, 1.165) is 18.1 Å². The second-order valence-electron chi connectivity index (χ2n) is 6.36. The molecule has 0 amide bonds. The van der Waals surface area contributed by atoms with Gasteiger partial charge in [0.1, 0.15) is 0 Å². The number of aryl methyl sites for hydroxylation is 1. The molecular formula is C19H26N2O3. The second-order valence-corrected chi connectivity index (χ2v) is 6.36. The molecule has 1 aliphatic rings. The molecule has 3 rings (SSSR count). The number of aromatic nitrogens is 2. The Morgan fingerprint density at radius 3 is 2.79 bits per heavy atom. The van der Waals surface area contributed by atoms with Crippen molar-refractivity contribution < 1.29 is 14.3 Å². The first-order valence-electron chi connectivity index (χ1n) is 9.04. The summed E-state index contributed by atoms with van der Waals surface area (Å²) in [6.45, 7) is 4.88. The fraction of sp³-hybridized carbons (Fsp3) is 0.579. The summed E-state index contributed by atoms with van der Waals surface area (Å²) >= 11 is 0. The van der Waals surface area contributed by atoms with Crippen molar-refractivity contribution in [1.82, 2.24) is 9.38 Å². The van der Waals surface area contributed by atoms with Crippen LogP contribution in [0.5, 0.6) is 5.75 Å². The Balaban J connectivity index is 1.87. The van der Waals surface area contributed by atoms with Gasteiger partial charge in [0.05, 0.1) is 18.9 Å². The van der Waals surface area contributed by atoms with E-state index in [1.165, 1.54) is 32.1 Å². The Labute approximate surface area is 143 Å². The van der Waals surface area contributed by atoms with Gasteiger partial charge in [-0.1, -0.05) is 26.2 Å². The van der Waals surface area contributed by atoms with Crippen LogP contribution in [-0.2, 0) is 11.2 Å². The predicted molar refractivity (Wildman–Crippen MR) is 92.6 cm³/mol. The van der Waals surface area contributed by atoms with E-state index in [2.05, 4.69) is 4.98 Å². The minimum absolute atomic E-state index is 0.328. The molecule has 0 aliphatic heterocycles. The van der Waals surface area contributed by atoms with Crippen molar-refractivity contribution in [1.29, 1.82) is 0 Å². The molecule has 2 heterocycles. The topological polar surface area (TPSA) is 52.8 Å². The van der Waals surface area contributed by atoms with Gasteiger partial charge in [-0.25, -0.2) is 9.78 Å². The van der Waals surface area contributed by atoms with E-state index in [4.69, 9.17) is 9.47 Å². The van der Waals surface area contributed by atoms with Gasteiger partial charge in [-0.05, 0) is 44.2 Å². The molecule has 0 N–H and O–H groups in total. The van der Waals surface area contributed by atoms with Crippen molar-refractivity contribution in [3.05, 3.63) is 29.7 Å². The van der Waals surface area contributed by atoms with Crippen LogP contribution in [0, 0.1) is 5.92 Å². The number of carbonyl (C=O) groups excluding carboxylic acids is 1. The van der Waals surface area contributed by atoms with Crippen LogP contribution >= 0.6 is 0 Å². The van der Waals surface area contributed by atoms with Crippen LogP contribution in [0.25, 0.3) is 5.65 Å². The Morgan fingerprint density at radius 2 is 2.08 bits per heavy atom. The molecule has 24 heavy (non-hydrogen) atoms. The quantitative estimate of drug-likeness (QED) is 0.750. The molecule has 2 aromatic rings. The molecule has 5 heteroatoms. The molecule has 0 unspecified atom stereocenters. The Bertz CT molecular complexity index is 702. The molecule has 1 aliphatic carbocycles. The first-order valence-corrected chi connectivity index (χ1v) is 9.04. The van der Waals surface area contributed by atoms with E-state index in [9.17, 15) is 4.79 Å². The molecule has 0 saturated heterocycles. The number of nitrogens with zero attached hydrogens (tertiary/aromatic N) is 2. The third-order valence-electron chi connectivity index (χ3n) is 4.69. The van der Waals surface area contributed by atoms with Crippen molar-refractivity contribution in [3.63, 3.8) is 0 Å². The lowest BCUT2D eigenvalue weighted by molar-refractivity contribution is 0.0517. The molecule has 0 radical (unpaired) electrons. The smallest absolute Gasteiger partial charge is 0.357 e. The van der Waals surface area contributed by atoms with Crippen LogP contribution in [0.1, 0.15) is 62.1 Å². The molecule has 0 atom stereocenters. The van der Waals surface area contributed by atoms with Crippen molar-refractivity contribution in [2.75, 3.05) is 13.2 Å². The van der Waals surface area contributed by atoms with Crippen LogP contribution in [0.15, 0.2) is 18.3 Å². The summed E-state index contributed by atoms with van der Waals surface area (Å²) in [6.07, 6.45) is 8.95. The van der Waals surface area contributed by atoms with Gasteiger partial charge >= 0.3 is 5.97 Å². The molecule has 5 nitrogen and oxygen atoms in total. The standard InChI is InChI=1S/C19H26N2O3/c1-3-15-17(19(22)23-4-2)21-12-8-11-16(18(21)20-15)24-13-14-9-6-5-7-10-14/h8,11-12,14H,3-7,9-10,13H2,1-2H3. The Morgan fingerprint density at radius 1 is 1.29 bits per heavy atom. The molecule has 2 aromatic heterocycles. The number of imidazole rings is 1. The third kappa shape index (κ3) is 3.40. The summed E-state index contributed by atoms with van der Waals surface area (Å²) in [7, 11) is 0. The summed E-state index contributed by atoms with van der Waals surface area (Å²) in [6, 6.07) is 3.83. The molecule has 0 spiro atoms. The van der Waals surface area contributed by atoms with E-state index in [1.54, 1.807) is 4.40 Å². The number of rotatable bonds is 6. The Hall–Kier alpha value is -2.04. The lowest BCUT2D eigenvalue weighted by atomic mass is 9.90. The van der Waals surface area contributed by atoms with Crippen molar-refractivity contribution >= 4 is 11.6 Å². The number of pyridine rings is 1. The van der Waals surface area contributed by atoms with E-state index < -0.39 is 0 Å². The molecule has 0 aromatic carbocycles. The molecule has 130 valence electrons. The van der Waals surface area contributed by atoms with Gasteiger partial charge in [0, 0.05) is 6.20 Å². The average Bonchev–Trinajstić information content (AvgIpc) is 3.00. The van der Waals surface area contributed by atoms with Crippen LogP contribution in [-0.4, -0.2) is 28.6 Å². The largest absolute Gasteiger partial charge is 0.489 e. The number of esters is 1. The highest BCUT2D eigenvalue weighted by molar-refractivity contribution is 5.90. The minimum atomic E-state index is -0.328. The summed E-state index contributed by atoms with van der Waals surface area (Å²) in [5, 5.41) is 0. The Kier molecular flexibility index (Phi) is 5.38. The highest BCUT2D eigenvalue weighted by Gasteiger charge is 2.22. The molecule has 1 saturated carbocycles. The SMILES string of the molecule is CCOC(=O)c1c(CC)nc2c(OCC3CCCCC3)cccn12. The van der Waals surface area contributed by atoms with Crippen molar-refractivity contribution in [3.8, 4) is 5.75 Å². The number of ether oxygens (including phenoxy) is 2. The van der Waals surface area contributed by atoms with Gasteiger partial charge in [0.15, 0.2) is 17.1 Å². The van der Waals surface area contributed by atoms with Gasteiger partial charge in [0.25, 0.3) is 0 Å². The third-order valence-corrected chi connectivity index (χ3v) is 4.69.